The van der Waals surface area contributed by atoms with Crippen LogP contribution in [0.2, 0.25) is 0 Å². The highest BCUT2D eigenvalue weighted by Crippen LogP contribution is 2.29. The van der Waals surface area contributed by atoms with Crippen LogP contribution in [0.25, 0.3) is 11.0 Å². The van der Waals surface area contributed by atoms with Gasteiger partial charge in [-0.1, -0.05) is 21.1 Å². The number of H-pyrrole nitrogens is 1. The van der Waals surface area contributed by atoms with Gasteiger partial charge in [0, 0.05) is 10.0 Å². The minimum atomic E-state index is 0.0728. The summed E-state index contributed by atoms with van der Waals surface area (Å²) in [7, 11) is 0. The van der Waals surface area contributed by atoms with Crippen LogP contribution < -0.4 is 0 Å². The van der Waals surface area contributed by atoms with Crippen molar-refractivity contribution in [1.29, 1.82) is 0 Å². The molecule has 3 rings (SSSR count). The summed E-state index contributed by atoms with van der Waals surface area (Å²) in [5.41, 5.74) is 4.09. The predicted octanol–water partition coefficient (Wildman–Crippen LogP) is 4.68. The molecule has 1 aromatic carbocycles. The Labute approximate surface area is 129 Å². The molecule has 0 saturated heterocycles. The fourth-order valence-electron chi connectivity index (χ4n) is 2.70. The number of fused-ring (bicyclic) bond motifs is 1. The summed E-state index contributed by atoms with van der Waals surface area (Å²) in [5.74, 6) is 0.836. The molecule has 0 fully saturated rings. The number of hydrogen-bond donors (Lipinski definition) is 1. The minimum absolute atomic E-state index is 0.0728. The van der Waals surface area contributed by atoms with Crippen molar-refractivity contribution in [2.45, 2.75) is 26.8 Å². The van der Waals surface area contributed by atoms with Gasteiger partial charge in [-0.05, 0) is 51.2 Å². The summed E-state index contributed by atoms with van der Waals surface area (Å²) >= 11 is 8.95. The van der Waals surface area contributed by atoms with Crippen LogP contribution in [0.3, 0.4) is 0 Å². The molecule has 20 heavy (non-hydrogen) atoms. The van der Waals surface area contributed by atoms with Gasteiger partial charge in [0.25, 0.3) is 0 Å². The molecule has 104 valence electrons. The molecule has 0 amide bonds. The second-order valence-electron chi connectivity index (χ2n) is 4.88. The third-order valence-corrected chi connectivity index (χ3v) is 4.36. The van der Waals surface area contributed by atoms with Crippen LogP contribution in [0.1, 0.15) is 30.0 Å². The molecule has 0 radical (unpaired) electrons. The summed E-state index contributed by atoms with van der Waals surface area (Å²) in [6, 6.07) is 6.17. The third-order valence-electron chi connectivity index (χ3n) is 3.57. The number of nitrogens with one attached hydrogen (secondary N) is 1. The van der Waals surface area contributed by atoms with Gasteiger partial charge in [0.1, 0.15) is 5.76 Å². The van der Waals surface area contributed by atoms with Crippen molar-refractivity contribution < 1.29 is 4.52 Å². The summed E-state index contributed by atoms with van der Waals surface area (Å²) in [5, 5.41) is 4.03. The Morgan fingerprint density at radius 1 is 1.40 bits per heavy atom. The van der Waals surface area contributed by atoms with E-state index in [-0.39, 0.29) is 6.04 Å². The van der Waals surface area contributed by atoms with E-state index < -0.39 is 0 Å². The average molecular weight is 352 g/mol. The van der Waals surface area contributed by atoms with Gasteiger partial charge in [-0.3, -0.25) is 0 Å². The largest absolute Gasteiger partial charge is 0.361 e. The van der Waals surface area contributed by atoms with E-state index in [1.165, 1.54) is 0 Å². The minimum Gasteiger partial charge on any atom is -0.361 e. The lowest BCUT2D eigenvalue weighted by molar-refractivity contribution is 0.391. The van der Waals surface area contributed by atoms with E-state index in [1.54, 1.807) is 0 Å². The molecule has 1 N–H and O–H groups in total. The molecule has 2 heterocycles. The van der Waals surface area contributed by atoms with Crippen molar-refractivity contribution in [2.75, 3.05) is 0 Å². The van der Waals surface area contributed by atoms with Gasteiger partial charge in [-0.2, -0.15) is 0 Å². The second-order valence-corrected chi connectivity index (χ2v) is 6.18. The maximum absolute atomic E-state index is 5.47. The van der Waals surface area contributed by atoms with E-state index >= 15 is 0 Å². The van der Waals surface area contributed by atoms with Crippen molar-refractivity contribution in [3.8, 4) is 0 Å². The fourth-order valence-corrected chi connectivity index (χ4v) is 3.43. The van der Waals surface area contributed by atoms with Crippen LogP contribution in [0, 0.1) is 18.6 Å². The Bertz CT molecular complexity index is 826. The molecule has 0 bridgehead atoms. The number of benzene rings is 1. The molecule has 0 aliphatic heterocycles. The Hall–Kier alpha value is -1.40. The van der Waals surface area contributed by atoms with Crippen molar-refractivity contribution in [2.24, 2.45) is 0 Å². The van der Waals surface area contributed by atoms with Crippen molar-refractivity contribution in [3.63, 3.8) is 0 Å². The number of aromatic amines is 1. The Balaban J connectivity index is 2.24. The molecule has 1 unspecified atom stereocenters. The quantitative estimate of drug-likeness (QED) is 0.682. The first kappa shape index (κ1) is 13.6. The molecular weight excluding hydrogens is 338 g/mol. The van der Waals surface area contributed by atoms with Crippen LogP contribution in [0.15, 0.2) is 27.2 Å². The molecule has 0 aliphatic carbocycles. The number of aromatic nitrogens is 3. The van der Waals surface area contributed by atoms with Gasteiger partial charge in [0.2, 0.25) is 0 Å². The van der Waals surface area contributed by atoms with Crippen molar-refractivity contribution in [3.05, 3.63) is 44.5 Å². The first-order valence-electron chi connectivity index (χ1n) is 6.31. The van der Waals surface area contributed by atoms with E-state index in [0.29, 0.717) is 4.77 Å². The molecule has 0 aliphatic rings. The first-order valence-corrected chi connectivity index (χ1v) is 7.51. The van der Waals surface area contributed by atoms with Gasteiger partial charge >= 0.3 is 0 Å². The van der Waals surface area contributed by atoms with E-state index in [0.717, 1.165) is 32.5 Å². The molecule has 4 nitrogen and oxygen atoms in total. The highest BCUT2D eigenvalue weighted by Gasteiger charge is 2.20. The average Bonchev–Trinajstić information content (AvgIpc) is 2.88. The Morgan fingerprint density at radius 3 is 2.80 bits per heavy atom. The number of aryl methyl sites for hydroxylation is 2. The summed E-state index contributed by atoms with van der Waals surface area (Å²) in [4.78, 5) is 3.25. The van der Waals surface area contributed by atoms with Crippen molar-refractivity contribution in [1.82, 2.24) is 14.7 Å². The highest BCUT2D eigenvalue weighted by molar-refractivity contribution is 9.10. The maximum Gasteiger partial charge on any atom is 0.178 e. The van der Waals surface area contributed by atoms with E-state index in [1.807, 2.05) is 26.0 Å². The maximum atomic E-state index is 5.47. The van der Waals surface area contributed by atoms with Crippen molar-refractivity contribution >= 4 is 39.2 Å². The topological polar surface area (TPSA) is 46.8 Å². The van der Waals surface area contributed by atoms with Gasteiger partial charge in [-0.15, -0.1) is 0 Å². The molecule has 3 aromatic rings. The number of rotatable bonds is 2. The number of halogens is 1. The first-order chi connectivity index (χ1) is 9.49. The highest BCUT2D eigenvalue weighted by atomic mass is 79.9. The normalized spacial score (nSPS) is 13.0. The molecule has 6 heteroatoms. The standard InChI is InChI=1S/C14H14BrN3OS/c1-7-13(9(3)19-17-7)8(2)18-12-5-4-10(15)6-11(12)16-14(18)20/h4-6,8H,1-3H3,(H,16,20). The molecular formula is C14H14BrN3OS. The molecule has 0 spiro atoms. The summed E-state index contributed by atoms with van der Waals surface area (Å²) in [6.07, 6.45) is 0. The molecule has 2 aromatic heterocycles. The summed E-state index contributed by atoms with van der Waals surface area (Å²) < 4.78 is 9.10. The van der Waals surface area contributed by atoms with Crippen LogP contribution in [-0.2, 0) is 0 Å². The van der Waals surface area contributed by atoms with Crippen LogP contribution in [0.4, 0.5) is 0 Å². The van der Waals surface area contributed by atoms with E-state index in [2.05, 4.69) is 43.6 Å². The fraction of sp³-hybridized carbons (Fsp3) is 0.286. The van der Waals surface area contributed by atoms with Gasteiger partial charge < -0.3 is 14.1 Å². The Kier molecular flexibility index (Phi) is 3.30. The van der Waals surface area contributed by atoms with E-state index in [9.17, 15) is 0 Å². The van der Waals surface area contributed by atoms with E-state index in [4.69, 9.17) is 16.7 Å². The lowest BCUT2D eigenvalue weighted by Crippen LogP contribution is -2.08. The SMILES string of the molecule is Cc1noc(C)c1C(C)n1c(=S)[nH]c2cc(Br)ccc21. The zero-order valence-corrected chi connectivity index (χ0v) is 13.8. The van der Waals surface area contributed by atoms with Gasteiger partial charge in [0.15, 0.2) is 4.77 Å². The second kappa shape index (κ2) is 4.86. The van der Waals surface area contributed by atoms with Crippen LogP contribution in [-0.4, -0.2) is 14.7 Å². The number of nitrogens with zero attached hydrogens (tertiary/aromatic N) is 2. The Morgan fingerprint density at radius 2 is 2.15 bits per heavy atom. The summed E-state index contributed by atoms with van der Waals surface area (Å²) in [6.45, 7) is 6.00. The molecule has 1 atom stereocenters. The number of imidazole rings is 1. The monoisotopic (exact) mass is 351 g/mol. The lowest BCUT2D eigenvalue weighted by Gasteiger charge is -2.14. The third kappa shape index (κ3) is 2.03. The molecule has 0 saturated carbocycles. The zero-order chi connectivity index (χ0) is 14.4. The van der Waals surface area contributed by atoms with Crippen LogP contribution >= 0.6 is 28.1 Å². The van der Waals surface area contributed by atoms with Gasteiger partial charge in [0.05, 0.1) is 22.8 Å². The van der Waals surface area contributed by atoms with Gasteiger partial charge in [-0.25, -0.2) is 0 Å². The lowest BCUT2D eigenvalue weighted by atomic mass is 10.1. The zero-order valence-electron chi connectivity index (χ0n) is 11.4. The smallest absolute Gasteiger partial charge is 0.178 e. The number of hydrogen-bond acceptors (Lipinski definition) is 3. The van der Waals surface area contributed by atoms with Crippen LogP contribution in [0.5, 0.6) is 0 Å². The predicted molar refractivity (Wildman–Crippen MR) is 84.6 cm³/mol.